The zero-order chi connectivity index (χ0) is 16.6. The molecule has 6 nitrogen and oxygen atoms in total. The van der Waals surface area contributed by atoms with Crippen molar-refractivity contribution in [2.45, 2.75) is 6.42 Å². The summed E-state index contributed by atoms with van der Waals surface area (Å²) in [5.41, 5.74) is 5.54. The third-order valence-electron chi connectivity index (χ3n) is 4.82. The quantitative estimate of drug-likeness (QED) is 0.878. The highest BCUT2D eigenvalue weighted by atomic mass is 35.5. The zero-order valence-electron chi connectivity index (χ0n) is 12.4. The first kappa shape index (κ1) is 15.8. The van der Waals surface area contributed by atoms with Gasteiger partial charge in [-0.25, -0.2) is 0 Å². The van der Waals surface area contributed by atoms with E-state index in [1.54, 1.807) is 11.0 Å². The van der Waals surface area contributed by atoms with E-state index in [2.05, 4.69) is 0 Å². The molecule has 0 saturated carbocycles. The van der Waals surface area contributed by atoms with Crippen molar-refractivity contribution in [2.24, 2.45) is 17.1 Å². The maximum absolute atomic E-state index is 12.7. The van der Waals surface area contributed by atoms with E-state index in [1.165, 1.54) is 12.1 Å². The zero-order valence-corrected chi connectivity index (χ0v) is 13.2. The Hall–Kier alpha value is -2.10. The smallest absolute Gasteiger partial charge is 0.253 e. The number of nitriles is 1. The third kappa shape index (κ3) is 2.56. The molecule has 0 unspecified atom stereocenters. The largest absolute Gasteiger partial charge is 0.381 e. The van der Waals surface area contributed by atoms with Crippen LogP contribution in [0.2, 0.25) is 5.02 Å². The molecule has 0 spiro atoms. The van der Waals surface area contributed by atoms with Crippen molar-refractivity contribution < 1.29 is 14.3 Å². The number of likely N-dealkylation sites (tertiary alicyclic amines) is 1. The molecule has 2 atom stereocenters. The number of primary amides is 1. The minimum Gasteiger partial charge on any atom is -0.381 e. The number of carbonyl (C=O) groups excluding carboxylic acids is 2. The molecule has 3 rings (SSSR count). The molecule has 2 fully saturated rings. The lowest BCUT2D eigenvalue weighted by molar-refractivity contribution is -0.135. The number of hydrogen-bond acceptors (Lipinski definition) is 4. The van der Waals surface area contributed by atoms with E-state index in [0.29, 0.717) is 43.3 Å². The summed E-state index contributed by atoms with van der Waals surface area (Å²) in [5, 5.41) is 9.34. The Bertz CT molecular complexity index is 715. The fourth-order valence-electron chi connectivity index (χ4n) is 3.43. The number of halogens is 1. The van der Waals surface area contributed by atoms with Gasteiger partial charge in [0.25, 0.3) is 5.91 Å². The van der Waals surface area contributed by atoms with Gasteiger partial charge in [0.05, 0.1) is 22.6 Å². The molecule has 0 aromatic heterocycles. The number of nitrogens with zero attached hydrogens (tertiary/aromatic N) is 2. The maximum atomic E-state index is 12.7. The maximum Gasteiger partial charge on any atom is 0.253 e. The predicted molar refractivity (Wildman–Crippen MR) is 82.6 cm³/mol. The molecule has 2 aliphatic rings. The van der Waals surface area contributed by atoms with E-state index >= 15 is 0 Å². The van der Waals surface area contributed by atoms with Crippen LogP contribution in [0.25, 0.3) is 0 Å². The van der Waals surface area contributed by atoms with Crippen molar-refractivity contribution in [3.8, 4) is 6.07 Å². The highest BCUT2D eigenvalue weighted by molar-refractivity contribution is 6.31. The van der Waals surface area contributed by atoms with Crippen LogP contribution in [0.3, 0.4) is 0 Å². The fourth-order valence-corrected chi connectivity index (χ4v) is 3.59. The molecule has 0 aliphatic carbocycles. The first-order valence-corrected chi connectivity index (χ1v) is 7.72. The van der Waals surface area contributed by atoms with Crippen LogP contribution in [0, 0.1) is 22.7 Å². The molecule has 1 aromatic rings. The van der Waals surface area contributed by atoms with Crippen LogP contribution in [-0.4, -0.2) is 43.0 Å². The Kier molecular flexibility index (Phi) is 4.00. The monoisotopic (exact) mass is 333 g/mol. The Balaban J connectivity index is 1.87. The SMILES string of the molecule is N#Cc1cc(C(=O)N2C[C@@H]3COCC[C@]3(C(N)=O)C2)ccc1Cl. The van der Waals surface area contributed by atoms with Gasteiger partial charge in [0.15, 0.2) is 0 Å². The molecule has 120 valence electrons. The van der Waals surface area contributed by atoms with Crippen LogP contribution in [0.1, 0.15) is 22.3 Å². The summed E-state index contributed by atoms with van der Waals surface area (Å²) in [6.45, 7) is 1.61. The van der Waals surface area contributed by atoms with Crippen molar-refractivity contribution in [1.82, 2.24) is 4.90 Å². The van der Waals surface area contributed by atoms with Gasteiger partial charge in [0.2, 0.25) is 5.91 Å². The Morgan fingerprint density at radius 2 is 2.26 bits per heavy atom. The van der Waals surface area contributed by atoms with E-state index in [-0.39, 0.29) is 23.3 Å². The van der Waals surface area contributed by atoms with Gasteiger partial charge in [-0.1, -0.05) is 11.6 Å². The summed E-state index contributed by atoms with van der Waals surface area (Å²) in [5.74, 6) is -0.691. The average Bonchev–Trinajstić information content (AvgIpc) is 2.95. The van der Waals surface area contributed by atoms with E-state index in [0.717, 1.165) is 0 Å². The third-order valence-corrected chi connectivity index (χ3v) is 5.15. The second kappa shape index (κ2) is 5.84. The summed E-state index contributed by atoms with van der Waals surface area (Å²) >= 11 is 5.90. The first-order valence-electron chi connectivity index (χ1n) is 7.34. The predicted octanol–water partition coefficient (Wildman–Crippen LogP) is 1.18. The van der Waals surface area contributed by atoms with E-state index in [4.69, 9.17) is 27.3 Å². The minimum absolute atomic E-state index is 0.0829. The van der Waals surface area contributed by atoms with Gasteiger partial charge in [-0.05, 0) is 24.6 Å². The number of nitrogens with two attached hydrogens (primary N) is 1. The molecule has 7 heteroatoms. The second-order valence-electron chi connectivity index (χ2n) is 6.03. The Morgan fingerprint density at radius 1 is 1.48 bits per heavy atom. The highest BCUT2D eigenvalue weighted by Crippen LogP contribution is 2.42. The lowest BCUT2D eigenvalue weighted by Crippen LogP contribution is -2.48. The topological polar surface area (TPSA) is 96.4 Å². The van der Waals surface area contributed by atoms with Gasteiger partial charge < -0.3 is 15.4 Å². The minimum atomic E-state index is -0.710. The second-order valence-corrected chi connectivity index (χ2v) is 6.44. The molecular formula is C16H16ClN3O3. The van der Waals surface area contributed by atoms with Crippen molar-refractivity contribution in [2.75, 3.05) is 26.3 Å². The summed E-state index contributed by atoms with van der Waals surface area (Å²) in [4.78, 5) is 26.3. The van der Waals surface area contributed by atoms with Gasteiger partial charge >= 0.3 is 0 Å². The number of rotatable bonds is 2. The van der Waals surface area contributed by atoms with Gasteiger partial charge in [0.1, 0.15) is 6.07 Å². The molecular weight excluding hydrogens is 318 g/mol. The normalized spacial score (nSPS) is 26.4. The number of carbonyl (C=O) groups is 2. The number of fused-ring (bicyclic) bond motifs is 1. The molecule has 1 aromatic carbocycles. The van der Waals surface area contributed by atoms with Crippen LogP contribution in [0.15, 0.2) is 18.2 Å². The fraction of sp³-hybridized carbons (Fsp3) is 0.438. The van der Waals surface area contributed by atoms with Gasteiger partial charge in [-0.2, -0.15) is 5.26 Å². The molecule has 0 radical (unpaired) electrons. The summed E-state index contributed by atoms with van der Waals surface area (Å²) in [7, 11) is 0. The lowest BCUT2D eigenvalue weighted by atomic mass is 9.74. The summed E-state index contributed by atoms with van der Waals surface area (Å²) in [6, 6.07) is 6.55. The van der Waals surface area contributed by atoms with E-state index in [9.17, 15) is 9.59 Å². The van der Waals surface area contributed by atoms with Crippen molar-refractivity contribution in [3.63, 3.8) is 0 Å². The lowest BCUT2D eigenvalue weighted by Gasteiger charge is -2.34. The molecule has 2 heterocycles. The van der Waals surface area contributed by atoms with E-state index in [1.807, 2.05) is 6.07 Å². The van der Waals surface area contributed by atoms with Gasteiger partial charge in [0, 0.05) is 31.2 Å². The van der Waals surface area contributed by atoms with Crippen molar-refractivity contribution >= 4 is 23.4 Å². The molecule has 2 N–H and O–H groups in total. The standard InChI is InChI=1S/C16H16ClN3O3/c17-13-2-1-10(5-11(13)6-18)14(21)20-7-12-8-23-4-3-16(12,9-20)15(19)22/h1-2,5,12H,3-4,7-9H2,(H2,19,22)/t12-,16+/m1/s1. The first-order chi connectivity index (χ1) is 11.0. The van der Waals surface area contributed by atoms with E-state index < -0.39 is 5.41 Å². The molecule has 2 amide bonds. The number of hydrogen-bond donors (Lipinski definition) is 1. The Morgan fingerprint density at radius 3 is 2.91 bits per heavy atom. The number of amides is 2. The van der Waals surface area contributed by atoms with Crippen LogP contribution in [0.4, 0.5) is 0 Å². The van der Waals surface area contributed by atoms with Crippen LogP contribution in [0.5, 0.6) is 0 Å². The summed E-state index contributed by atoms with van der Waals surface area (Å²) < 4.78 is 5.44. The number of ether oxygens (including phenoxy) is 1. The average molecular weight is 334 g/mol. The van der Waals surface area contributed by atoms with Crippen molar-refractivity contribution in [3.05, 3.63) is 34.3 Å². The van der Waals surface area contributed by atoms with Gasteiger partial charge in [-0.15, -0.1) is 0 Å². The van der Waals surface area contributed by atoms with Crippen LogP contribution in [-0.2, 0) is 9.53 Å². The molecule has 23 heavy (non-hydrogen) atoms. The number of benzene rings is 1. The Labute approximate surface area is 138 Å². The van der Waals surface area contributed by atoms with Crippen LogP contribution >= 0.6 is 11.6 Å². The highest BCUT2D eigenvalue weighted by Gasteiger charge is 2.53. The molecule has 2 aliphatic heterocycles. The molecule has 0 bridgehead atoms. The van der Waals surface area contributed by atoms with Crippen LogP contribution < -0.4 is 5.73 Å². The molecule has 2 saturated heterocycles. The summed E-state index contributed by atoms with van der Waals surface area (Å²) in [6.07, 6.45) is 0.529. The van der Waals surface area contributed by atoms with Crippen molar-refractivity contribution in [1.29, 1.82) is 5.26 Å². The van der Waals surface area contributed by atoms with Gasteiger partial charge in [-0.3, -0.25) is 9.59 Å².